The van der Waals surface area contributed by atoms with Crippen LogP contribution in [0.15, 0.2) is 78.9 Å². The molecule has 7 aliphatic heterocycles. The summed E-state index contributed by atoms with van der Waals surface area (Å²) in [5.41, 5.74) is 7.60. The summed E-state index contributed by atoms with van der Waals surface area (Å²) in [7, 11) is 1.19. The first-order valence-corrected chi connectivity index (χ1v) is 37.0. The topological polar surface area (TPSA) is 566 Å². The molecule has 0 saturated carbocycles. The Morgan fingerprint density at radius 2 is 1.35 bits per heavy atom. The third-order valence-electron chi connectivity index (χ3n) is 19.9. The van der Waals surface area contributed by atoms with Gasteiger partial charge in [0.05, 0.1) is 48.4 Å². The van der Waals surface area contributed by atoms with E-state index in [9.17, 15) is 79.8 Å². The standard InChI is InChI=1S/C75H91Cl2N9O27/c1-7-8-9-10-17-107-49(73(105)106-6)28-80-75(5)27-52(108-31(4)65(75)96)112-64-62(95)61(94)50(29-87)111-74(64)113-63-47-22-35-23-48(63)110-46-16-13-34(21-40(46)77)60(93)58-71(102)84-56(72(103)104)38-24-36(88)25-44(90)53(38)37-19-32(11-14-43(37)89)54(68(99)86-58)83-69(100)55(35)82-67(98)42(26-51(79)91)81-70(101)57(85-66(97)41(78)18-30(2)3)59(92)33-12-15-45(109-47)39(76)20-33/h11-16,19-25,30-31,41-42,49-50,52,54-62,64-65,74,80,87-90,92-96H,7-10,17-18,26-29,78H2,1-6H3,(H2,79,91)(H,81,101)(H,82,98)(H,83,100)(H,84,102)(H,85,97)(H,86,99)(H,103,104)/t31?,41-,42?,49?,50?,52?,54?,55?,56?,57+,58+,59?,60-,61?,62?,64?,65?,74?,75?/m1/s1. The number of carbonyl (C=O) groups is 9. The number of aromatic hydroxyl groups is 3. The summed E-state index contributed by atoms with van der Waals surface area (Å²) in [4.78, 5) is 130. The quantitative estimate of drug-likeness (QED) is 0.0346. The van der Waals surface area contributed by atoms with Crippen LogP contribution in [0.2, 0.25) is 10.0 Å². The SMILES string of the molecule is CCCCCCOC(CNC1(C)CC(OC2C(Oc3c4cc5cc3Oc3ccc(cc3Cl)[C@@H](O)[C@@H]3NC(=O)C(NC(=O)C5NC(=O)C(CC(N)=O)NC(=O)[C@@H](NC(=O)[C@H](N)CC(C)C)C(O)c5ccc(c(Cl)c5)O4)c4ccc(O)c(c4)-c4c(O)cc(O)cc4C(C(=O)O)NC3=O)OC(CO)C(O)C2O)OC(C)C1O)C(=O)OC. The number of primary amides is 1. The zero-order valence-electron chi connectivity index (χ0n) is 61.9. The molecule has 36 nitrogen and oxygen atoms in total. The lowest BCUT2D eigenvalue weighted by atomic mass is 9.84. The second-order valence-electron chi connectivity index (χ2n) is 28.7. The summed E-state index contributed by atoms with van der Waals surface area (Å²) in [6.45, 7) is 7.62. The number of amides is 7. The van der Waals surface area contributed by atoms with Crippen molar-refractivity contribution in [2.45, 2.75) is 195 Å². The van der Waals surface area contributed by atoms with E-state index in [4.69, 9.17) is 72.6 Å². The van der Waals surface area contributed by atoms with E-state index < -0.39 is 254 Å². The van der Waals surface area contributed by atoms with Gasteiger partial charge in [-0.1, -0.05) is 81.4 Å². The Morgan fingerprint density at radius 1 is 0.717 bits per heavy atom. The molecule has 0 aliphatic carbocycles. The number of rotatable bonds is 22. The van der Waals surface area contributed by atoms with Gasteiger partial charge in [-0.05, 0) is 109 Å². The monoisotopic (exact) mass is 1620 g/mol. The molecule has 7 amide bonds. The van der Waals surface area contributed by atoms with Gasteiger partial charge in [-0.2, -0.15) is 0 Å². The third kappa shape index (κ3) is 19.5. The highest BCUT2D eigenvalue weighted by molar-refractivity contribution is 6.32. The average Bonchev–Trinajstić information content (AvgIpc) is 0.768. The summed E-state index contributed by atoms with van der Waals surface area (Å²) >= 11 is 14.2. The van der Waals surface area contributed by atoms with Gasteiger partial charge >= 0.3 is 11.9 Å². The Labute approximate surface area is 655 Å². The van der Waals surface area contributed by atoms with Gasteiger partial charge in [-0.15, -0.1) is 0 Å². The van der Waals surface area contributed by atoms with Crippen molar-refractivity contribution in [3.63, 3.8) is 0 Å². The lowest BCUT2D eigenvalue weighted by Crippen LogP contribution is -2.66. The van der Waals surface area contributed by atoms with E-state index in [0.717, 1.165) is 92.1 Å². The number of methoxy groups -OCH3 is 1. The van der Waals surface area contributed by atoms with Gasteiger partial charge in [-0.25, -0.2) is 9.59 Å². The van der Waals surface area contributed by atoms with Crippen LogP contribution in [0.4, 0.5) is 0 Å². The van der Waals surface area contributed by atoms with Crippen molar-refractivity contribution >= 4 is 76.5 Å². The van der Waals surface area contributed by atoms with Gasteiger partial charge in [0.15, 0.2) is 36.0 Å². The number of nitrogens with two attached hydrogens (primary N) is 2. The minimum Gasteiger partial charge on any atom is -0.508 e. The fourth-order valence-corrected chi connectivity index (χ4v) is 14.3. The second kappa shape index (κ2) is 36.6. The Bertz CT molecular complexity index is 4410. The highest BCUT2D eigenvalue weighted by atomic mass is 35.5. The van der Waals surface area contributed by atoms with Crippen molar-refractivity contribution < 1.29 is 132 Å². The van der Waals surface area contributed by atoms with Crippen LogP contribution < -0.4 is 62.9 Å². The summed E-state index contributed by atoms with van der Waals surface area (Å²) in [5, 5.41) is 133. The minimum absolute atomic E-state index is 0.0608. The predicted molar refractivity (Wildman–Crippen MR) is 394 cm³/mol. The van der Waals surface area contributed by atoms with Crippen LogP contribution in [-0.4, -0.2) is 216 Å². The number of carbonyl (C=O) groups excluding carboxylic acids is 8. The molecule has 0 spiro atoms. The Kier molecular flexibility index (Phi) is 27.7. The number of carboxylic acid groups (broad SMARTS) is 1. The molecule has 7 heterocycles. The maximum Gasteiger partial charge on any atom is 0.336 e. The molecule has 21 N–H and O–H groups in total. The fourth-order valence-electron chi connectivity index (χ4n) is 13.9. The first-order chi connectivity index (χ1) is 53.5. The highest BCUT2D eigenvalue weighted by Gasteiger charge is 2.53. The number of carboxylic acids is 1. The highest BCUT2D eigenvalue weighted by Crippen LogP contribution is 2.50. The molecule has 11 bridgehead atoms. The maximum atomic E-state index is 16.2. The molecule has 113 heavy (non-hydrogen) atoms. The van der Waals surface area contributed by atoms with Crippen LogP contribution in [0.5, 0.6) is 46.0 Å². The Balaban J connectivity index is 1.19. The van der Waals surface area contributed by atoms with Crippen molar-refractivity contribution in [2.75, 3.05) is 26.9 Å². The number of ether oxygens (including phenoxy) is 8. The lowest BCUT2D eigenvalue weighted by molar-refractivity contribution is -0.334. The third-order valence-corrected chi connectivity index (χ3v) is 20.5. The van der Waals surface area contributed by atoms with Crippen molar-refractivity contribution in [1.82, 2.24) is 37.2 Å². The molecule has 2 fully saturated rings. The van der Waals surface area contributed by atoms with Crippen LogP contribution in [0.25, 0.3) is 11.1 Å². The van der Waals surface area contributed by atoms with E-state index in [-0.39, 0.29) is 54.4 Å². The number of aliphatic hydroxyl groups excluding tert-OH is 6. The number of aliphatic carboxylic acids is 1. The van der Waals surface area contributed by atoms with Crippen LogP contribution >= 0.6 is 23.2 Å². The molecule has 612 valence electrons. The zero-order chi connectivity index (χ0) is 82.4. The molecule has 12 rings (SSSR count). The van der Waals surface area contributed by atoms with E-state index in [1.807, 2.05) is 6.92 Å². The van der Waals surface area contributed by atoms with E-state index in [1.165, 1.54) is 20.1 Å². The minimum atomic E-state index is -2.39. The summed E-state index contributed by atoms with van der Waals surface area (Å²) in [5.74, 6) is -17.3. The molecule has 2 saturated heterocycles. The van der Waals surface area contributed by atoms with Gasteiger partial charge in [0.2, 0.25) is 53.4 Å². The lowest BCUT2D eigenvalue weighted by Gasteiger charge is -2.48. The summed E-state index contributed by atoms with van der Waals surface area (Å²) < 4.78 is 50.1. The maximum absolute atomic E-state index is 16.2. The summed E-state index contributed by atoms with van der Waals surface area (Å²) in [6, 6.07) is -1.41. The van der Waals surface area contributed by atoms with Crippen molar-refractivity contribution in [3.05, 3.63) is 117 Å². The molecule has 19 atom stereocenters. The Hall–Kier alpha value is -9.77. The first-order valence-electron chi connectivity index (χ1n) is 36.2. The fraction of sp³-hybridized carbons (Fsp3) is 0.480. The van der Waals surface area contributed by atoms with Crippen LogP contribution in [0.3, 0.4) is 0 Å². The smallest absolute Gasteiger partial charge is 0.336 e. The van der Waals surface area contributed by atoms with Gasteiger partial charge in [0.1, 0.15) is 89.5 Å². The molecule has 5 aromatic rings. The molecule has 5 aromatic carbocycles. The molecule has 0 radical (unpaired) electrons. The second-order valence-corrected chi connectivity index (χ2v) is 29.5. The molecule has 15 unspecified atom stereocenters. The zero-order valence-corrected chi connectivity index (χ0v) is 63.4. The normalized spacial score (nSPS) is 27.8. The van der Waals surface area contributed by atoms with Crippen LogP contribution in [-0.2, 0) is 66.8 Å². The van der Waals surface area contributed by atoms with E-state index >= 15 is 14.4 Å². The van der Waals surface area contributed by atoms with Gasteiger partial charge in [-0.3, -0.25) is 33.6 Å². The molecule has 0 aromatic heterocycles. The van der Waals surface area contributed by atoms with Crippen LogP contribution in [0.1, 0.15) is 138 Å². The number of phenolic OH excluding ortho intramolecular Hbond substituents is 3. The average molecular weight is 1620 g/mol. The van der Waals surface area contributed by atoms with E-state index in [1.54, 1.807) is 20.8 Å². The number of fused-ring (bicyclic) bond motifs is 15. The van der Waals surface area contributed by atoms with E-state index in [2.05, 4.69) is 37.2 Å². The number of aliphatic hydroxyl groups is 6. The molecular weight excluding hydrogens is 1530 g/mol. The molecule has 38 heteroatoms. The summed E-state index contributed by atoms with van der Waals surface area (Å²) in [6.07, 6.45) is -17.4. The number of benzene rings is 5. The van der Waals surface area contributed by atoms with Gasteiger partial charge < -0.3 is 138 Å². The Morgan fingerprint density at radius 3 is 1.96 bits per heavy atom. The van der Waals surface area contributed by atoms with Crippen molar-refractivity contribution in [2.24, 2.45) is 17.4 Å². The number of halogens is 2. The number of hydrogen-bond acceptors (Lipinski definition) is 28. The van der Waals surface area contributed by atoms with Gasteiger partial charge in [0, 0.05) is 47.9 Å². The predicted octanol–water partition coefficient (Wildman–Crippen LogP) is 1.61. The van der Waals surface area contributed by atoms with E-state index in [0.29, 0.717) is 6.42 Å². The number of phenols is 3. The van der Waals surface area contributed by atoms with Crippen molar-refractivity contribution in [1.29, 1.82) is 0 Å². The molecule has 7 aliphatic rings. The number of nitrogens with one attached hydrogen (secondary N) is 7. The molecular formula is C75H91Cl2N9O27. The van der Waals surface area contributed by atoms with Gasteiger partial charge in [0.25, 0.3) is 0 Å². The number of unbranched alkanes of at least 4 members (excludes halogenated alkanes) is 3. The first kappa shape index (κ1) is 85.7. The number of esters is 1. The van der Waals surface area contributed by atoms with Crippen LogP contribution in [0, 0.1) is 5.92 Å². The largest absolute Gasteiger partial charge is 0.508 e. The van der Waals surface area contributed by atoms with Crippen molar-refractivity contribution in [3.8, 4) is 57.1 Å². The number of hydrogen-bond donors (Lipinski definition) is 19.